The zero-order valence-corrected chi connectivity index (χ0v) is 16.0. The standard InChI is InChI=1S/C20H18FN3O3S/c1-10(21)13-7-8-15(27-13)19-23-18(22)12-9-16(28-20(12)24-19)17(25)11-5-3-4-6-14(11)26-2/h3-10,17,25H,1-2H3,(H2,22,23,24). The van der Waals surface area contributed by atoms with Gasteiger partial charge < -0.3 is 20.0 Å². The molecule has 0 aliphatic heterocycles. The van der Waals surface area contributed by atoms with E-state index in [0.29, 0.717) is 32.2 Å². The van der Waals surface area contributed by atoms with Crippen LogP contribution in [0, 0.1) is 0 Å². The van der Waals surface area contributed by atoms with Crippen LogP contribution in [0.1, 0.15) is 35.4 Å². The van der Waals surface area contributed by atoms with Gasteiger partial charge in [0.15, 0.2) is 17.8 Å². The minimum absolute atomic E-state index is 0.204. The third kappa shape index (κ3) is 3.21. The average molecular weight is 399 g/mol. The van der Waals surface area contributed by atoms with Gasteiger partial charge in [0.05, 0.1) is 12.5 Å². The topological polar surface area (TPSA) is 94.4 Å². The van der Waals surface area contributed by atoms with E-state index in [1.807, 2.05) is 12.1 Å². The molecule has 28 heavy (non-hydrogen) atoms. The van der Waals surface area contributed by atoms with E-state index < -0.39 is 12.3 Å². The minimum atomic E-state index is -1.22. The first-order valence-corrected chi connectivity index (χ1v) is 9.41. The van der Waals surface area contributed by atoms with Crippen molar-refractivity contribution in [2.45, 2.75) is 19.2 Å². The van der Waals surface area contributed by atoms with E-state index in [0.717, 1.165) is 0 Å². The fourth-order valence-electron chi connectivity index (χ4n) is 2.94. The predicted molar refractivity (Wildman–Crippen MR) is 106 cm³/mol. The smallest absolute Gasteiger partial charge is 0.199 e. The number of ether oxygens (including phenoxy) is 1. The van der Waals surface area contributed by atoms with Crippen molar-refractivity contribution >= 4 is 27.4 Å². The molecule has 2 atom stereocenters. The Labute approximate surface area is 164 Å². The first-order valence-electron chi connectivity index (χ1n) is 8.60. The predicted octanol–water partition coefficient (Wildman–Crippen LogP) is 4.65. The van der Waals surface area contributed by atoms with Crippen molar-refractivity contribution in [2.75, 3.05) is 12.8 Å². The summed E-state index contributed by atoms with van der Waals surface area (Å²) < 4.78 is 24.2. The summed E-state index contributed by atoms with van der Waals surface area (Å²) in [6.07, 6.45) is -2.11. The molecule has 0 aliphatic carbocycles. The number of aliphatic hydroxyl groups is 1. The largest absolute Gasteiger partial charge is 0.496 e. The van der Waals surface area contributed by atoms with Gasteiger partial charge in [0.1, 0.15) is 28.3 Å². The highest BCUT2D eigenvalue weighted by Crippen LogP contribution is 2.38. The van der Waals surface area contributed by atoms with E-state index in [1.54, 1.807) is 37.4 Å². The molecule has 3 N–H and O–H groups in total. The minimum Gasteiger partial charge on any atom is -0.496 e. The molecule has 4 rings (SSSR count). The van der Waals surface area contributed by atoms with Crippen LogP contribution in [-0.2, 0) is 0 Å². The lowest BCUT2D eigenvalue weighted by atomic mass is 10.1. The van der Waals surface area contributed by atoms with Crippen molar-refractivity contribution in [2.24, 2.45) is 0 Å². The number of alkyl halides is 1. The van der Waals surface area contributed by atoms with Crippen molar-refractivity contribution in [3.8, 4) is 17.3 Å². The van der Waals surface area contributed by atoms with E-state index in [1.165, 1.54) is 18.3 Å². The molecule has 144 valence electrons. The van der Waals surface area contributed by atoms with E-state index >= 15 is 0 Å². The number of hydrogen-bond donors (Lipinski definition) is 2. The molecule has 3 aromatic heterocycles. The van der Waals surface area contributed by atoms with Crippen LogP contribution >= 0.6 is 11.3 Å². The van der Waals surface area contributed by atoms with Gasteiger partial charge in [-0.1, -0.05) is 18.2 Å². The summed E-state index contributed by atoms with van der Waals surface area (Å²) in [5.41, 5.74) is 6.75. The Morgan fingerprint density at radius 1 is 1.21 bits per heavy atom. The van der Waals surface area contributed by atoms with E-state index in [4.69, 9.17) is 14.9 Å². The summed E-state index contributed by atoms with van der Waals surface area (Å²) in [5, 5.41) is 11.5. The third-order valence-electron chi connectivity index (χ3n) is 4.38. The fourth-order valence-corrected chi connectivity index (χ4v) is 3.98. The van der Waals surface area contributed by atoms with Gasteiger partial charge in [-0.05, 0) is 31.2 Å². The number of nitrogens with zero attached hydrogens (tertiary/aromatic N) is 2. The molecule has 0 aliphatic rings. The first kappa shape index (κ1) is 18.4. The van der Waals surface area contributed by atoms with Crippen molar-refractivity contribution < 1.29 is 18.7 Å². The molecule has 8 heteroatoms. The van der Waals surface area contributed by atoms with Gasteiger partial charge in [-0.2, -0.15) is 0 Å². The maximum absolute atomic E-state index is 13.4. The number of thiophene rings is 1. The molecule has 2 unspecified atom stereocenters. The summed E-state index contributed by atoms with van der Waals surface area (Å²) in [5.74, 6) is 1.68. The molecule has 0 amide bonds. The van der Waals surface area contributed by atoms with Gasteiger partial charge in [-0.25, -0.2) is 14.4 Å². The summed E-state index contributed by atoms with van der Waals surface area (Å²) in [6, 6.07) is 12.2. The second-order valence-electron chi connectivity index (χ2n) is 6.26. The highest BCUT2D eigenvalue weighted by Gasteiger charge is 2.21. The lowest BCUT2D eigenvalue weighted by Gasteiger charge is -2.12. The summed E-state index contributed by atoms with van der Waals surface area (Å²) in [7, 11) is 1.56. The van der Waals surface area contributed by atoms with Crippen molar-refractivity contribution in [1.29, 1.82) is 0 Å². The number of para-hydroxylation sites is 1. The Morgan fingerprint density at radius 3 is 2.71 bits per heavy atom. The van der Waals surface area contributed by atoms with Crippen LogP contribution in [0.15, 0.2) is 46.9 Å². The molecule has 6 nitrogen and oxygen atoms in total. The zero-order valence-electron chi connectivity index (χ0n) is 15.2. The monoisotopic (exact) mass is 399 g/mol. The van der Waals surface area contributed by atoms with Gasteiger partial charge in [0.25, 0.3) is 0 Å². The molecular weight excluding hydrogens is 381 g/mol. The average Bonchev–Trinajstić information content (AvgIpc) is 3.35. The van der Waals surface area contributed by atoms with Crippen molar-refractivity contribution in [3.05, 3.63) is 58.7 Å². The number of fused-ring (bicyclic) bond motifs is 1. The third-order valence-corrected chi connectivity index (χ3v) is 5.46. The summed E-state index contributed by atoms with van der Waals surface area (Å²) in [4.78, 5) is 10.0. The van der Waals surface area contributed by atoms with Crippen LogP contribution in [0.4, 0.5) is 10.2 Å². The molecule has 0 spiro atoms. The molecular formula is C20H18FN3O3S. The highest BCUT2D eigenvalue weighted by molar-refractivity contribution is 7.18. The lowest BCUT2D eigenvalue weighted by Crippen LogP contribution is -2.00. The van der Waals surface area contributed by atoms with E-state index in [-0.39, 0.29) is 17.4 Å². The molecule has 3 heterocycles. The van der Waals surface area contributed by atoms with Gasteiger partial charge in [0.2, 0.25) is 0 Å². The summed E-state index contributed by atoms with van der Waals surface area (Å²) in [6.45, 7) is 1.39. The highest BCUT2D eigenvalue weighted by atomic mass is 32.1. The van der Waals surface area contributed by atoms with Crippen LogP contribution in [0.5, 0.6) is 5.75 Å². The normalized spacial score (nSPS) is 13.6. The number of nitrogen functional groups attached to an aromatic ring is 1. The molecule has 0 fully saturated rings. The van der Waals surface area contributed by atoms with Gasteiger partial charge in [0, 0.05) is 10.4 Å². The number of aliphatic hydroxyl groups excluding tert-OH is 1. The molecule has 0 radical (unpaired) electrons. The van der Waals surface area contributed by atoms with Gasteiger partial charge in [-0.15, -0.1) is 11.3 Å². The second-order valence-corrected chi connectivity index (χ2v) is 7.32. The SMILES string of the molecule is COc1ccccc1C(O)c1cc2c(N)nc(-c3ccc(C(C)F)o3)nc2s1. The van der Waals surface area contributed by atoms with Crippen LogP contribution in [0.2, 0.25) is 0 Å². The van der Waals surface area contributed by atoms with Crippen LogP contribution in [0.3, 0.4) is 0 Å². The Kier molecular flexibility index (Phi) is 4.74. The maximum atomic E-state index is 13.4. The lowest BCUT2D eigenvalue weighted by molar-refractivity contribution is 0.218. The number of hydrogen-bond acceptors (Lipinski definition) is 7. The maximum Gasteiger partial charge on any atom is 0.199 e. The fraction of sp³-hybridized carbons (Fsp3) is 0.200. The molecule has 0 saturated heterocycles. The zero-order chi connectivity index (χ0) is 19.8. The number of nitrogens with two attached hydrogens (primary N) is 1. The van der Waals surface area contributed by atoms with Crippen LogP contribution < -0.4 is 10.5 Å². The number of rotatable bonds is 5. The quantitative estimate of drug-likeness (QED) is 0.507. The van der Waals surface area contributed by atoms with Crippen molar-refractivity contribution in [1.82, 2.24) is 9.97 Å². The van der Waals surface area contributed by atoms with Gasteiger partial charge >= 0.3 is 0 Å². The number of halogens is 1. The Morgan fingerprint density at radius 2 is 2.00 bits per heavy atom. The Balaban J connectivity index is 1.75. The molecule has 4 aromatic rings. The summed E-state index contributed by atoms with van der Waals surface area (Å²) >= 11 is 1.30. The molecule has 0 saturated carbocycles. The van der Waals surface area contributed by atoms with Crippen LogP contribution in [-0.4, -0.2) is 22.2 Å². The first-order chi connectivity index (χ1) is 13.5. The Bertz CT molecular complexity index is 1140. The van der Waals surface area contributed by atoms with E-state index in [9.17, 15) is 9.50 Å². The van der Waals surface area contributed by atoms with E-state index in [2.05, 4.69) is 9.97 Å². The second kappa shape index (κ2) is 7.21. The number of benzene rings is 1. The Hall–Kier alpha value is -2.97. The number of aromatic nitrogens is 2. The molecule has 0 bridgehead atoms. The number of anilines is 1. The number of methoxy groups -OCH3 is 1. The van der Waals surface area contributed by atoms with Crippen LogP contribution in [0.25, 0.3) is 21.8 Å². The van der Waals surface area contributed by atoms with Crippen molar-refractivity contribution in [3.63, 3.8) is 0 Å². The molecule has 1 aromatic carbocycles. The van der Waals surface area contributed by atoms with Gasteiger partial charge in [-0.3, -0.25) is 0 Å². The number of furan rings is 1.